The van der Waals surface area contributed by atoms with Crippen molar-refractivity contribution in [1.82, 2.24) is 0 Å². The molecular formula is C15H20O3. The van der Waals surface area contributed by atoms with Gasteiger partial charge in [-0.05, 0) is 37.5 Å². The normalized spacial score (nSPS) is 30.5. The number of ether oxygens (including phenoxy) is 2. The highest BCUT2D eigenvalue weighted by Gasteiger charge is 2.40. The van der Waals surface area contributed by atoms with Crippen LogP contribution in [0.1, 0.15) is 44.3 Å². The zero-order chi connectivity index (χ0) is 12.8. The first-order valence-electron chi connectivity index (χ1n) is 6.65. The van der Waals surface area contributed by atoms with Gasteiger partial charge in [0.25, 0.3) is 0 Å². The van der Waals surface area contributed by atoms with Crippen LogP contribution in [0.2, 0.25) is 0 Å². The maximum absolute atomic E-state index is 10.3. The standard InChI is InChI=1S/C15H20O3/c1-15(8-10-3-4-10)9-13(16)12-7-11(17-2)5-6-14(12)18-15/h5-7,10,13,16H,3-4,8-9H2,1-2H3. The van der Waals surface area contributed by atoms with E-state index in [0.717, 1.165) is 29.4 Å². The largest absolute Gasteiger partial charge is 0.497 e. The molecule has 98 valence electrons. The molecule has 1 aromatic carbocycles. The predicted octanol–water partition coefficient (Wildman–Crippen LogP) is 3.07. The summed E-state index contributed by atoms with van der Waals surface area (Å²) in [6.07, 6.45) is 3.89. The van der Waals surface area contributed by atoms with E-state index >= 15 is 0 Å². The minimum absolute atomic E-state index is 0.220. The average Bonchev–Trinajstić information content (AvgIpc) is 3.12. The summed E-state index contributed by atoms with van der Waals surface area (Å²) in [6.45, 7) is 2.11. The first kappa shape index (κ1) is 11.8. The molecule has 0 saturated heterocycles. The molecule has 0 aromatic heterocycles. The molecule has 1 fully saturated rings. The Kier molecular flexibility index (Phi) is 2.74. The van der Waals surface area contributed by atoms with Gasteiger partial charge in [-0.2, -0.15) is 0 Å². The highest BCUT2D eigenvalue weighted by atomic mass is 16.5. The van der Waals surface area contributed by atoms with Crippen LogP contribution in [-0.2, 0) is 0 Å². The van der Waals surface area contributed by atoms with E-state index in [1.165, 1.54) is 12.8 Å². The summed E-state index contributed by atoms with van der Waals surface area (Å²) in [5.41, 5.74) is 0.630. The van der Waals surface area contributed by atoms with Gasteiger partial charge in [0, 0.05) is 12.0 Å². The molecule has 18 heavy (non-hydrogen) atoms. The van der Waals surface area contributed by atoms with Crippen LogP contribution < -0.4 is 9.47 Å². The van der Waals surface area contributed by atoms with Crippen molar-refractivity contribution in [3.05, 3.63) is 23.8 Å². The van der Waals surface area contributed by atoms with Gasteiger partial charge in [0.1, 0.15) is 17.1 Å². The Morgan fingerprint density at radius 1 is 1.44 bits per heavy atom. The summed E-state index contributed by atoms with van der Waals surface area (Å²) >= 11 is 0. The van der Waals surface area contributed by atoms with Gasteiger partial charge >= 0.3 is 0 Å². The Bertz CT molecular complexity index is 453. The molecule has 2 atom stereocenters. The molecule has 3 nitrogen and oxygen atoms in total. The molecule has 0 bridgehead atoms. The smallest absolute Gasteiger partial charge is 0.126 e. The van der Waals surface area contributed by atoms with Gasteiger partial charge in [-0.25, -0.2) is 0 Å². The number of fused-ring (bicyclic) bond motifs is 1. The van der Waals surface area contributed by atoms with Crippen LogP contribution in [0.5, 0.6) is 11.5 Å². The molecule has 3 heteroatoms. The zero-order valence-electron chi connectivity index (χ0n) is 11.0. The number of hydrogen-bond donors (Lipinski definition) is 1. The number of benzene rings is 1. The zero-order valence-corrected chi connectivity index (χ0v) is 11.0. The van der Waals surface area contributed by atoms with E-state index in [9.17, 15) is 5.11 Å². The van der Waals surface area contributed by atoms with E-state index in [4.69, 9.17) is 9.47 Å². The maximum atomic E-state index is 10.3. The van der Waals surface area contributed by atoms with Crippen LogP contribution in [0.4, 0.5) is 0 Å². The number of aliphatic hydroxyl groups excluding tert-OH is 1. The van der Waals surface area contributed by atoms with Crippen LogP contribution in [0.3, 0.4) is 0 Å². The molecule has 2 unspecified atom stereocenters. The molecule has 0 amide bonds. The molecule has 1 aromatic rings. The van der Waals surface area contributed by atoms with Crippen LogP contribution in [0.15, 0.2) is 18.2 Å². The van der Waals surface area contributed by atoms with E-state index in [1.54, 1.807) is 7.11 Å². The number of rotatable bonds is 3. The van der Waals surface area contributed by atoms with Crippen molar-refractivity contribution >= 4 is 0 Å². The van der Waals surface area contributed by atoms with E-state index in [0.29, 0.717) is 6.42 Å². The van der Waals surface area contributed by atoms with Crippen molar-refractivity contribution in [3.8, 4) is 11.5 Å². The summed E-state index contributed by atoms with van der Waals surface area (Å²) in [4.78, 5) is 0. The fourth-order valence-electron chi connectivity index (χ4n) is 2.89. The van der Waals surface area contributed by atoms with Gasteiger partial charge < -0.3 is 14.6 Å². The number of aliphatic hydroxyl groups is 1. The summed E-state index contributed by atoms with van der Waals surface area (Å²) in [6, 6.07) is 5.66. The lowest BCUT2D eigenvalue weighted by molar-refractivity contribution is -0.0106. The molecule has 0 spiro atoms. The Morgan fingerprint density at radius 2 is 2.22 bits per heavy atom. The molecule has 0 radical (unpaired) electrons. The minimum Gasteiger partial charge on any atom is -0.497 e. The molecule has 3 rings (SSSR count). The molecule has 1 saturated carbocycles. The van der Waals surface area contributed by atoms with Crippen molar-refractivity contribution in [2.45, 2.75) is 44.3 Å². The van der Waals surface area contributed by atoms with E-state index < -0.39 is 6.10 Å². The summed E-state index contributed by atoms with van der Waals surface area (Å²) in [5.74, 6) is 2.36. The van der Waals surface area contributed by atoms with Crippen LogP contribution in [-0.4, -0.2) is 17.8 Å². The molecule has 1 aliphatic heterocycles. The van der Waals surface area contributed by atoms with Crippen molar-refractivity contribution < 1.29 is 14.6 Å². The second-order valence-corrected chi connectivity index (χ2v) is 5.82. The Hall–Kier alpha value is -1.22. The Morgan fingerprint density at radius 3 is 2.89 bits per heavy atom. The second-order valence-electron chi connectivity index (χ2n) is 5.82. The van der Waals surface area contributed by atoms with Crippen LogP contribution >= 0.6 is 0 Å². The fraction of sp³-hybridized carbons (Fsp3) is 0.600. The van der Waals surface area contributed by atoms with E-state index in [2.05, 4.69) is 6.92 Å². The lowest BCUT2D eigenvalue weighted by Gasteiger charge is -2.38. The van der Waals surface area contributed by atoms with Crippen molar-refractivity contribution in [1.29, 1.82) is 0 Å². The summed E-state index contributed by atoms with van der Waals surface area (Å²) in [7, 11) is 1.63. The molecule has 1 heterocycles. The first-order chi connectivity index (χ1) is 8.59. The summed E-state index contributed by atoms with van der Waals surface area (Å²) < 4.78 is 11.3. The quantitative estimate of drug-likeness (QED) is 0.893. The van der Waals surface area contributed by atoms with E-state index in [1.807, 2.05) is 18.2 Å². The van der Waals surface area contributed by atoms with Crippen molar-refractivity contribution in [2.24, 2.45) is 5.92 Å². The lowest BCUT2D eigenvalue weighted by atomic mass is 9.86. The van der Waals surface area contributed by atoms with Crippen LogP contribution in [0, 0.1) is 5.92 Å². The number of methoxy groups -OCH3 is 1. The predicted molar refractivity (Wildman–Crippen MR) is 68.9 cm³/mol. The van der Waals surface area contributed by atoms with Gasteiger partial charge in [-0.15, -0.1) is 0 Å². The van der Waals surface area contributed by atoms with Gasteiger partial charge in [0.15, 0.2) is 0 Å². The molecular weight excluding hydrogens is 228 g/mol. The molecule has 1 N–H and O–H groups in total. The second kappa shape index (κ2) is 4.16. The highest BCUT2D eigenvalue weighted by Crippen LogP contribution is 2.46. The van der Waals surface area contributed by atoms with Gasteiger partial charge in [-0.3, -0.25) is 0 Å². The third-order valence-corrected chi connectivity index (χ3v) is 3.97. The Balaban J connectivity index is 1.87. The topological polar surface area (TPSA) is 38.7 Å². The maximum Gasteiger partial charge on any atom is 0.126 e. The van der Waals surface area contributed by atoms with Crippen LogP contribution in [0.25, 0.3) is 0 Å². The van der Waals surface area contributed by atoms with Crippen molar-refractivity contribution in [3.63, 3.8) is 0 Å². The molecule has 1 aliphatic carbocycles. The third-order valence-electron chi connectivity index (χ3n) is 3.97. The minimum atomic E-state index is -0.451. The van der Waals surface area contributed by atoms with E-state index in [-0.39, 0.29) is 5.60 Å². The highest BCUT2D eigenvalue weighted by molar-refractivity contribution is 5.43. The SMILES string of the molecule is COc1ccc2c(c1)C(O)CC(C)(CC1CC1)O2. The Labute approximate surface area is 108 Å². The number of hydrogen-bond acceptors (Lipinski definition) is 3. The molecule has 2 aliphatic rings. The monoisotopic (exact) mass is 248 g/mol. The average molecular weight is 248 g/mol. The van der Waals surface area contributed by atoms with Gasteiger partial charge in [0.05, 0.1) is 13.2 Å². The fourth-order valence-corrected chi connectivity index (χ4v) is 2.89. The van der Waals surface area contributed by atoms with Gasteiger partial charge in [-0.1, -0.05) is 12.8 Å². The first-order valence-corrected chi connectivity index (χ1v) is 6.65. The third kappa shape index (κ3) is 2.19. The van der Waals surface area contributed by atoms with Gasteiger partial charge in [0.2, 0.25) is 0 Å². The summed E-state index contributed by atoms with van der Waals surface area (Å²) in [5, 5.41) is 10.3. The van der Waals surface area contributed by atoms with Crippen molar-refractivity contribution in [2.75, 3.05) is 7.11 Å². The lowest BCUT2D eigenvalue weighted by Crippen LogP contribution is -2.38.